The van der Waals surface area contributed by atoms with E-state index in [1.54, 1.807) is 6.92 Å². The molecule has 2 atom stereocenters. The van der Waals surface area contributed by atoms with Crippen LogP contribution in [0.2, 0.25) is 0 Å². The molecule has 1 aromatic carbocycles. The molecule has 5 heteroatoms. The molecule has 0 aliphatic heterocycles. The number of halogens is 1. The van der Waals surface area contributed by atoms with E-state index in [1.165, 1.54) is 0 Å². The molecular formula is C15H19BrN2O2. The number of amides is 1. The lowest BCUT2D eigenvalue weighted by Crippen LogP contribution is -2.36. The summed E-state index contributed by atoms with van der Waals surface area (Å²) in [4.78, 5) is 11.7. The van der Waals surface area contributed by atoms with Crippen molar-refractivity contribution in [3.63, 3.8) is 0 Å². The molecular weight excluding hydrogens is 320 g/mol. The van der Waals surface area contributed by atoms with E-state index in [1.807, 2.05) is 25.1 Å². The van der Waals surface area contributed by atoms with Crippen LogP contribution in [0.15, 0.2) is 22.7 Å². The van der Waals surface area contributed by atoms with Crippen LogP contribution in [0.5, 0.6) is 5.75 Å². The predicted octanol–water partition coefficient (Wildman–Crippen LogP) is 1.86. The molecule has 1 aromatic rings. The Bertz CT molecular complexity index is 509. The van der Waals surface area contributed by atoms with E-state index in [9.17, 15) is 4.79 Å². The third-order valence-electron chi connectivity index (χ3n) is 2.60. The standard InChI is InChI=1S/C15H19BrN2O2/c1-4-7-18-15(19)11(3)20-14-6-5-13(16)9-12(14)8-10(2)17/h1,5-6,9-11H,7-8,17H2,2-3H3,(H,18,19). The Balaban J connectivity index is 2.80. The van der Waals surface area contributed by atoms with E-state index in [0.717, 1.165) is 10.0 Å². The van der Waals surface area contributed by atoms with Crippen molar-refractivity contribution in [2.24, 2.45) is 5.73 Å². The van der Waals surface area contributed by atoms with Crippen LogP contribution in [0.4, 0.5) is 0 Å². The highest BCUT2D eigenvalue weighted by atomic mass is 79.9. The maximum Gasteiger partial charge on any atom is 0.261 e. The molecule has 0 aliphatic rings. The number of carbonyl (C=O) groups is 1. The first-order valence-corrected chi connectivity index (χ1v) is 7.15. The maximum absolute atomic E-state index is 11.7. The highest BCUT2D eigenvalue weighted by Gasteiger charge is 2.16. The number of nitrogens with two attached hydrogens (primary N) is 1. The summed E-state index contributed by atoms with van der Waals surface area (Å²) in [6, 6.07) is 5.65. The second-order valence-electron chi connectivity index (χ2n) is 4.62. The van der Waals surface area contributed by atoms with Gasteiger partial charge in [0, 0.05) is 10.5 Å². The normalized spacial score (nSPS) is 13.2. The Kier molecular flexibility index (Phi) is 6.56. The van der Waals surface area contributed by atoms with E-state index in [-0.39, 0.29) is 18.5 Å². The number of terminal acetylenes is 1. The van der Waals surface area contributed by atoms with Gasteiger partial charge in [-0.3, -0.25) is 4.79 Å². The number of rotatable bonds is 6. The van der Waals surface area contributed by atoms with Crippen molar-refractivity contribution in [3.05, 3.63) is 28.2 Å². The molecule has 0 fully saturated rings. The summed E-state index contributed by atoms with van der Waals surface area (Å²) in [6.45, 7) is 3.80. The number of nitrogens with one attached hydrogen (secondary N) is 1. The van der Waals surface area contributed by atoms with Crippen molar-refractivity contribution in [1.82, 2.24) is 5.32 Å². The zero-order chi connectivity index (χ0) is 15.1. The molecule has 0 saturated heterocycles. The molecule has 0 saturated carbocycles. The first-order chi connectivity index (χ1) is 9.43. The maximum atomic E-state index is 11.7. The SMILES string of the molecule is C#CCNC(=O)C(C)Oc1ccc(Br)cc1CC(C)N. The zero-order valence-electron chi connectivity index (χ0n) is 11.7. The van der Waals surface area contributed by atoms with Gasteiger partial charge < -0.3 is 15.8 Å². The molecule has 0 aliphatic carbocycles. The van der Waals surface area contributed by atoms with Gasteiger partial charge in [0.25, 0.3) is 5.91 Å². The summed E-state index contributed by atoms with van der Waals surface area (Å²) in [5, 5.41) is 2.59. The summed E-state index contributed by atoms with van der Waals surface area (Å²) in [5.41, 5.74) is 6.79. The van der Waals surface area contributed by atoms with Crippen LogP contribution in [-0.4, -0.2) is 24.6 Å². The molecule has 0 heterocycles. The van der Waals surface area contributed by atoms with Crippen LogP contribution < -0.4 is 15.8 Å². The molecule has 3 N–H and O–H groups in total. The molecule has 20 heavy (non-hydrogen) atoms. The van der Waals surface area contributed by atoms with E-state index in [0.29, 0.717) is 12.2 Å². The van der Waals surface area contributed by atoms with Crippen molar-refractivity contribution < 1.29 is 9.53 Å². The first kappa shape index (κ1) is 16.5. The zero-order valence-corrected chi connectivity index (χ0v) is 13.2. The summed E-state index contributed by atoms with van der Waals surface area (Å²) in [6.07, 6.45) is 5.16. The van der Waals surface area contributed by atoms with Gasteiger partial charge in [-0.25, -0.2) is 0 Å². The molecule has 0 aromatic heterocycles. The minimum Gasteiger partial charge on any atom is -0.481 e. The van der Waals surface area contributed by atoms with Gasteiger partial charge in [0.1, 0.15) is 5.75 Å². The number of hydrogen-bond acceptors (Lipinski definition) is 3. The van der Waals surface area contributed by atoms with Crippen LogP contribution in [-0.2, 0) is 11.2 Å². The van der Waals surface area contributed by atoms with Crippen molar-refractivity contribution in [1.29, 1.82) is 0 Å². The van der Waals surface area contributed by atoms with Crippen LogP contribution in [0.3, 0.4) is 0 Å². The molecule has 0 spiro atoms. The predicted molar refractivity (Wildman–Crippen MR) is 83.4 cm³/mol. The Morgan fingerprint density at radius 3 is 2.85 bits per heavy atom. The number of benzene rings is 1. The monoisotopic (exact) mass is 338 g/mol. The summed E-state index contributed by atoms with van der Waals surface area (Å²) < 4.78 is 6.65. The third-order valence-corrected chi connectivity index (χ3v) is 3.10. The van der Waals surface area contributed by atoms with Crippen LogP contribution in [0.25, 0.3) is 0 Å². The van der Waals surface area contributed by atoms with E-state index in [4.69, 9.17) is 16.9 Å². The molecule has 108 valence electrons. The molecule has 1 amide bonds. The van der Waals surface area contributed by atoms with E-state index < -0.39 is 6.10 Å². The third kappa shape index (κ3) is 5.24. The summed E-state index contributed by atoms with van der Waals surface area (Å²) >= 11 is 3.42. The second-order valence-corrected chi connectivity index (χ2v) is 5.53. The summed E-state index contributed by atoms with van der Waals surface area (Å²) in [5.74, 6) is 2.77. The Morgan fingerprint density at radius 2 is 2.25 bits per heavy atom. The average Bonchev–Trinajstić information content (AvgIpc) is 2.38. The minimum atomic E-state index is -0.614. The lowest BCUT2D eigenvalue weighted by molar-refractivity contribution is -0.127. The second kappa shape index (κ2) is 7.93. The largest absolute Gasteiger partial charge is 0.481 e. The van der Waals surface area contributed by atoms with Crippen molar-refractivity contribution in [2.75, 3.05) is 6.54 Å². The topological polar surface area (TPSA) is 64.3 Å². The number of ether oxygens (including phenoxy) is 1. The highest BCUT2D eigenvalue weighted by Crippen LogP contribution is 2.25. The van der Waals surface area contributed by atoms with Crippen molar-refractivity contribution in [3.8, 4) is 18.1 Å². The Labute approximate surface area is 128 Å². The summed E-state index contributed by atoms with van der Waals surface area (Å²) in [7, 11) is 0. The van der Waals surface area contributed by atoms with Gasteiger partial charge in [-0.15, -0.1) is 6.42 Å². The average molecular weight is 339 g/mol. The van der Waals surface area contributed by atoms with Gasteiger partial charge in [-0.05, 0) is 44.0 Å². The van der Waals surface area contributed by atoms with Gasteiger partial charge in [-0.2, -0.15) is 0 Å². The van der Waals surface area contributed by atoms with E-state index >= 15 is 0 Å². The van der Waals surface area contributed by atoms with E-state index in [2.05, 4.69) is 27.2 Å². The number of carbonyl (C=O) groups excluding carboxylic acids is 1. The van der Waals surface area contributed by atoms with Gasteiger partial charge in [0.05, 0.1) is 6.54 Å². The van der Waals surface area contributed by atoms with Gasteiger partial charge in [0.15, 0.2) is 6.10 Å². The smallest absolute Gasteiger partial charge is 0.261 e. The fraction of sp³-hybridized carbons (Fsp3) is 0.400. The molecule has 0 bridgehead atoms. The minimum absolute atomic E-state index is 0.0113. The lowest BCUT2D eigenvalue weighted by atomic mass is 10.1. The van der Waals surface area contributed by atoms with Crippen LogP contribution in [0.1, 0.15) is 19.4 Å². The fourth-order valence-electron chi connectivity index (χ4n) is 1.70. The Hall–Kier alpha value is -1.51. The van der Waals surface area contributed by atoms with Crippen LogP contribution >= 0.6 is 15.9 Å². The van der Waals surface area contributed by atoms with Crippen LogP contribution in [0, 0.1) is 12.3 Å². The van der Waals surface area contributed by atoms with Gasteiger partial charge in [-0.1, -0.05) is 21.9 Å². The van der Waals surface area contributed by atoms with Gasteiger partial charge in [0.2, 0.25) is 0 Å². The molecule has 4 nitrogen and oxygen atoms in total. The fourth-order valence-corrected chi connectivity index (χ4v) is 2.10. The molecule has 0 radical (unpaired) electrons. The first-order valence-electron chi connectivity index (χ1n) is 6.36. The quantitative estimate of drug-likeness (QED) is 0.778. The van der Waals surface area contributed by atoms with Crippen molar-refractivity contribution in [2.45, 2.75) is 32.4 Å². The lowest BCUT2D eigenvalue weighted by Gasteiger charge is -2.18. The van der Waals surface area contributed by atoms with Gasteiger partial charge >= 0.3 is 0 Å². The molecule has 1 rings (SSSR count). The molecule has 2 unspecified atom stereocenters. The number of hydrogen-bond donors (Lipinski definition) is 2. The Morgan fingerprint density at radius 1 is 1.55 bits per heavy atom. The highest BCUT2D eigenvalue weighted by molar-refractivity contribution is 9.10. The van der Waals surface area contributed by atoms with Crippen molar-refractivity contribution >= 4 is 21.8 Å².